The fourth-order valence-electron chi connectivity index (χ4n) is 0.893. The van der Waals surface area contributed by atoms with Crippen molar-refractivity contribution >= 4 is 22.6 Å². The molecule has 1 rings (SSSR count). The van der Waals surface area contributed by atoms with Crippen LogP contribution in [0.5, 0.6) is 5.75 Å². The molecule has 0 heterocycles. The van der Waals surface area contributed by atoms with Crippen LogP contribution in [0, 0.1) is 3.57 Å². The third kappa shape index (κ3) is 2.07. The van der Waals surface area contributed by atoms with E-state index >= 15 is 0 Å². The van der Waals surface area contributed by atoms with Crippen molar-refractivity contribution in [3.8, 4) is 5.75 Å². The number of rotatable bonds is 2. The summed E-state index contributed by atoms with van der Waals surface area (Å²) in [6, 6.07) is 5.73. The number of phenols is 1. The zero-order chi connectivity index (χ0) is 8.27. The predicted molar refractivity (Wildman–Crippen MR) is 53.6 cm³/mol. The normalized spacial score (nSPS) is 10.0. The quantitative estimate of drug-likeness (QED) is 0.796. The second-order valence-corrected chi connectivity index (χ2v) is 3.44. The van der Waals surface area contributed by atoms with Crippen LogP contribution in [0.4, 0.5) is 0 Å². The maximum atomic E-state index is 9.48. The van der Waals surface area contributed by atoms with E-state index in [0.29, 0.717) is 12.3 Å². The lowest BCUT2D eigenvalue weighted by Gasteiger charge is -2.04. The van der Waals surface area contributed by atoms with Crippen LogP contribution in [-0.2, 0) is 6.54 Å². The van der Waals surface area contributed by atoms with Gasteiger partial charge >= 0.3 is 0 Å². The van der Waals surface area contributed by atoms with Crippen LogP contribution < -0.4 is 5.32 Å². The van der Waals surface area contributed by atoms with E-state index in [1.165, 1.54) is 0 Å². The highest BCUT2D eigenvalue weighted by molar-refractivity contribution is 14.1. The van der Waals surface area contributed by atoms with Crippen molar-refractivity contribution in [2.24, 2.45) is 0 Å². The van der Waals surface area contributed by atoms with Crippen molar-refractivity contribution in [1.82, 2.24) is 5.32 Å². The van der Waals surface area contributed by atoms with Gasteiger partial charge in [0.1, 0.15) is 5.75 Å². The van der Waals surface area contributed by atoms with Crippen LogP contribution in [0.1, 0.15) is 5.56 Å². The minimum atomic E-state index is 0.391. The molecule has 3 heteroatoms. The minimum Gasteiger partial charge on any atom is -0.507 e. The number of nitrogens with one attached hydrogen (secondary N) is 1. The van der Waals surface area contributed by atoms with E-state index in [-0.39, 0.29) is 0 Å². The van der Waals surface area contributed by atoms with Gasteiger partial charge < -0.3 is 10.4 Å². The summed E-state index contributed by atoms with van der Waals surface area (Å²) in [7, 11) is 1.86. The Labute approximate surface area is 79.8 Å². The Kier molecular flexibility index (Phi) is 3.14. The zero-order valence-electron chi connectivity index (χ0n) is 6.26. The first-order valence-corrected chi connectivity index (χ1v) is 4.44. The second-order valence-electron chi connectivity index (χ2n) is 2.28. The van der Waals surface area contributed by atoms with Gasteiger partial charge in [-0.25, -0.2) is 0 Å². The molecule has 1 aromatic rings. The molecule has 0 fully saturated rings. The number of hydrogen-bond donors (Lipinski definition) is 2. The van der Waals surface area contributed by atoms with Gasteiger partial charge in [-0.15, -0.1) is 0 Å². The molecule has 0 amide bonds. The highest BCUT2D eigenvalue weighted by Gasteiger charge is 2.01. The van der Waals surface area contributed by atoms with Gasteiger partial charge in [-0.3, -0.25) is 0 Å². The fourth-order valence-corrected chi connectivity index (χ4v) is 1.45. The first kappa shape index (κ1) is 8.80. The van der Waals surface area contributed by atoms with Gasteiger partial charge in [0, 0.05) is 12.1 Å². The second kappa shape index (κ2) is 3.92. The Morgan fingerprint density at radius 3 is 2.91 bits per heavy atom. The molecule has 0 saturated heterocycles. The molecule has 0 saturated carbocycles. The topological polar surface area (TPSA) is 32.3 Å². The van der Waals surface area contributed by atoms with Gasteiger partial charge in [-0.1, -0.05) is 12.1 Å². The summed E-state index contributed by atoms with van der Waals surface area (Å²) in [4.78, 5) is 0. The first-order chi connectivity index (χ1) is 5.25. The van der Waals surface area contributed by atoms with E-state index in [4.69, 9.17) is 0 Å². The third-order valence-electron chi connectivity index (χ3n) is 1.44. The molecule has 0 spiro atoms. The lowest BCUT2D eigenvalue weighted by molar-refractivity contribution is 0.462. The Balaban J connectivity index is 2.96. The number of benzene rings is 1. The molecule has 0 aliphatic carbocycles. The third-order valence-corrected chi connectivity index (χ3v) is 2.31. The van der Waals surface area contributed by atoms with Gasteiger partial charge in [0.05, 0.1) is 3.57 Å². The Morgan fingerprint density at radius 2 is 2.27 bits per heavy atom. The predicted octanol–water partition coefficient (Wildman–Crippen LogP) is 1.72. The summed E-state index contributed by atoms with van der Waals surface area (Å²) in [5.74, 6) is 0.391. The van der Waals surface area contributed by atoms with Crippen molar-refractivity contribution in [3.63, 3.8) is 0 Å². The number of halogens is 1. The van der Waals surface area contributed by atoms with Crippen LogP contribution in [0.2, 0.25) is 0 Å². The largest absolute Gasteiger partial charge is 0.507 e. The highest BCUT2D eigenvalue weighted by Crippen LogP contribution is 2.23. The minimum absolute atomic E-state index is 0.391. The number of hydrogen-bond acceptors (Lipinski definition) is 2. The van der Waals surface area contributed by atoms with E-state index in [1.54, 1.807) is 0 Å². The smallest absolute Gasteiger partial charge is 0.133 e. The molecule has 2 nitrogen and oxygen atoms in total. The molecule has 60 valence electrons. The lowest BCUT2D eigenvalue weighted by Crippen LogP contribution is -2.05. The van der Waals surface area contributed by atoms with Crippen LogP contribution in [0.25, 0.3) is 0 Å². The van der Waals surface area contributed by atoms with Crippen LogP contribution in [0.15, 0.2) is 18.2 Å². The summed E-state index contributed by atoms with van der Waals surface area (Å²) < 4.78 is 0.898. The highest BCUT2D eigenvalue weighted by atomic mass is 127. The van der Waals surface area contributed by atoms with Gasteiger partial charge in [-0.05, 0) is 35.7 Å². The van der Waals surface area contributed by atoms with E-state index in [9.17, 15) is 5.11 Å². The summed E-state index contributed by atoms with van der Waals surface area (Å²) in [6.07, 6.45) is 0. The van der Waals surface area contributed by atoms with Gasteiger partial charge in [0.25, 0.3) is 0 Å². The van der Waals surface area contributed by atoms with Crippen LogP contribution >= 0.6 is 22.6 Å². The maximum absolute atomic E-state index is 9.48. The fraction of sp³-hybridized carbons (Fsp3) is 0.250. The zero-order valence-corrected chi connectivity index (χ0v) is 8.42. The number of phenolic OH excluding ortho intramolecular Hbond substituents is 1. The van der Waals surface area contributed by atoms with Crippen molar-refractivity contribution in [2.45, 2.75) is 6.54 Å². The standard InChI is InChI=1S/C8H10INO/c1-10-5-6-3-2-4-7(9)8(6)11/h2-4,10-11H,5H2,1H3. The lowest BCUT2D eigenvalue weighted by atomic mass is 10.2. The van der Waals surface area contributed by atoms with Crippen molar-refractivity contribution in [1.29, 1.82) is 0 Å². The molecule has 0 aromatic heterocycles. The molecule has 1 aromatic carbocycles. The summed E-state index contributed by atoms with van der Waals surface area (Å²) >= 11 is 2.11. The molecule has 0 unspecified atom stereocenters. The Hall–Kier alpha value is -0.290. The van der Waals surface area contributed by atoms with Gasteiger partial charge in [-0.2, -0.15) is 0 Å². The molecule has 0 bridgehead atoms. The first-order valence-electron chi connectivity index (χ1n) is 3.36. The SMILES string of the molecule is CNCc1cccc(I)c1O. The van der Waals surface area contributed by atoms with Crippen molar-refractivity contribution in [3.05, 3.63) is 27.3 Å². The van der Waals surface area contributed by atoms with Gasteiger partial charge in [0.2, 0.25) is 0 Å². The molecule has 0 atom stereocenters. The Morgan fingerprint density at radius 1 is 1.55 bits per heavy atom. The summed E-state index contributed by atoms with van der Waals surface area (Å²) in [6.45, 7) is 0.711. The van der Waals surface area contributed by atoms with E-state index < -0.39 is 0 Å². The van der Waals surface area contributed by atoms with E-state index in [1.807, 2.05) is 25.2 Å². The monoisotopic (exact) mass is 263 g/mol. The molecule has 0 aliphatic rings. The molecule has 0 aliphatic heterocycles. The molecule has 2 N–H and O–H groups in total. The van der Waals surface area contributed by atoms with Crippen LogP contribution in [-0.4, -0.2) is 12.2 Å². The molecular weight excluding hydrogens is 253 g/mol. The molecule has 11 heavy (non-hydrogen) atoms. The van der Waals surface area contributed by atoms with Crippen LogP contribution in [0.3, 0.4) is 0 Å². The van der Waals surface area contributed by atoms with Gasteiger partial charge in [0.15, 0.2) is 0 Å². The summed E-state index contributed by atoms with van der Waals surface area (Å²) in [5.41, 5.74) is 0.944. The van der Waals surface area contributed by atoms with Crippen molar-refractivity contribution < 1.29 is 5.11 Å². The van der Waals surface area contributed by atoms with E-state index in [0.717, 1.165) is 9.13 Å². The van der Waals surface area contributed by atoms with E-state index in [2.05, 4.69) is 27.9 Å². The molecular formula is C8H10INO. The molecule has 0 radical (unpaired) electrons. The Bertz CT molecular complexity index is 250. The van der Waals surface area contributed by atoms with Crippen molar-refractivity contribution in [2.75, 3.05) is 7.05 Å². The average molecular weight is 263 g/mol. The number of para-hydroxylation sites is 1. The maximum Gasteiger partial charge on any atom is 0.133 e. The number of aromatic hydroxyl groups is 1. The summed E-state index contributed by atoms with van der Waals surface area (Å²) in [5, 5.41) is 12.5. The average Bonchev–Trinajstić information content (AvgIpc) is 1.99.